The van der Waals surface area contributed by atoms with Crippen LogP contribution in [-0.2, 0) is 6.61 Å². The minimum absolute atomic E-state index is 0.239. The van der Waals surface area contributed by atoms with Crippen LogP contribution in [0.15, 0.2) is 60.9 Å². The standard InChI is InChI=1S/C28H31FN4O3/c29-23-5-1-20(2-6-23)18-36-24-7-3-21(4-8-24)25-13-26(25)30-14-19-9-11-33(12-10-19)28-31-15-22(16-32-28)27(35)17-34/h1-8,15-16,19,25-26,30,34H,9-14,17-18H2. The smallest absolute Gasteiger partial charge is 0.225 e. The van der Waals surface area contributed by atoms with Crippen molar-refractivity contribution < 1.29 is 19.0 Å². The van der Waals surface area contributed by atoms with Crippen LogP contribution in [0.2, 0.25) is 0 Å². The number of ether oxygens (including phenoxy) is 1. The number of piperidine rings is 1. The molecule has 2 N–H and O–H groups in total. The van der Waals surface area contributed by atoms with Gasteiger partial charge in [-0.25, -0.2) is 14.4 Å². The molecule has 1 aliphatic heterocycles. The summed E-state index contributed by atoms with van der Waals surface area (Å²) in [6, 6.07) is 15.2. The molecule has 1 aromatic heterocycles. The van der Waals surface area contributed by atoms with Crippen molar-refractivity contribution in [1.29, 1.82) is 0 Å². The third kappa shape index (κ3) is 6.06. The molecule has 1 aliphatic carbocycles. The van der Waals surface area contributed by atoms with Gasteiger partial charge < -0.3 is 20.1 Å². The Bertz CT molecular complexity index is 1150. The summed E-state index contributed by atoms with van der Waals surface area (Å²) < 4.78 is 18.8. The monoisotopic (exact) mass is 490 g/mol. The van der Waals surface area contributed by atoms with Crippen LogP contribution in [0.1, 0.15) is 46.7 Å². The first-order valence-electron chi connectivity index (χ1n) is 12.5. The molecule has 2 heterocycles. The van der Waals surface area contributed by atoms with E-state index in [0.717, 1.165) is 50.2 Å². The molecule has 2 atom stereocenters. The topological polar surface area (TPSA) is 87.6 Å². The van der Waals surface area contributed by atoms with E-state index < -0.39 is 6.61 Å². The molecule has 3 aromatic rings. The molecule has 2 aromatic carbocycles. The van der Waals surface area contributed by atoms with Crippen molar-refractivity contribution in [3.05, 3.63) is 83.4 Å². The Morgan fingerprint density at radius 2 is 1.75 bits per heavy atom. The molecule has 0 bridgehead atoms. The number of rotatable bonds is 10. The van der Waals surface area contributed by atoms with Crippen molar-refractivity contribution >= 4 is 11.7 Å². The summed E-state index contributed by atoms with van der Waals surface area (Å²) in [6.07, 6.45) is 6.29. The van der Waals surface area contributed by atoms with Crippen molar-refractivity contribution in [2.45, 2.75) is 37.8 Å². The molecule has 1 saturated carbocycles. The molecule has 2 unspecified atom stereocenters. The van der Waals surface area contributed by atoms with E-state index in [1.165, 1.54) is 30.1 Å². The van der Waals surface area contributed by atoms with E-state index in [4.69, 9.17) is 9.84 Å². The van der Waals surface area contributed by atoms with Crippen LogP contribution < -0.4 is 15.0 Å². The average molecular weight is 491 g/mol. The predicted octanol–water partition coefficient (Wildman–Crippen LogP) is 3.73. The molecular weight excluding hydrogens is 459 g/mol. The van der Waals surface area contributed by atoms with Gasteiger partial charge in [-0.15, -0.1) is 0 Å². The number of carbonyl (C=O) groups excluding carboxylic acids is 1. The second kappa shape index (κ2) is 11.1. The van der Waals surface area contributed by atoms with Crippen molar-refractivity contribution in [3.63, 3.8) is 0 Å². The summed E-state index contributed by atoms with van der Waals surface area (Å²) in [5.41, 5.74) is 2.61. The molecule has 0 radical (unpaired) electrons. The number of aromatic nitrogens is 2. The summed E-state index contributed by atoms with van der Waals surface area (Å²) >= 11 is 0. The summed E-state index contributed by atoms with van der Waals surface area (Å²) in [5.74, 6) is 2.03. The minimum Gasteiger partial charge on any atom is -0.489 e. The van der Waals surface area contributed by atoms with Crippen molar-refractivity contribution in [3.8, 4) is 5.75 Å². The second-order valence-corrected chi connectivity index (χ2v) is 9.62. The minimum atomic E-state index is -0.526. The first-order chi connectivity index (χ1) is 17.6. The van der Waals surface area contributed by atoms with Crippen LogP contribution in [0.25, 0.3) is 0 Å². The van der Waals surface area contributed by atoms with E-state index in [9.17, 15) is 9.18 Å². The predicted molar refractivity (Wildman–Crippen MR) is 135 cm³/mol. The third-order valence-electron chi connectivity index (χ3n) is 7.09. The summed E-state index contributed by atoms with van der Waals surface area (Å²) in [5, 5.41) is 12.7. The zero-order chi connectivity index (χ0) is 24.9. The van der Waals surface area contributed by atoms with Crippen LogP contribution >= 0.6 is 0 Å². The number of hydrogen-bond acceptors (Lipinski definition) is 7. The fourth-order valence-corrected chi connectivity index (χ4v) is 4.72. The maximum absolute atomic E-state index is 13.0. The normalized spacial score (nSPS) is 19.8. The Morgan fingerprint density at radius 3 is 2.42 bits per heavy atom. The van der Waals surface area contributed by atoms with Gasteiger partial charge in [-0.3, -0.25) is 4.79 Å². The summed E-state index contributed by atoms with van der Waals surface area (Å²) in [6.45, 7) is 2.70. The van der Waals surface area contributed by atoms with Gasteiger partial charge in [0.05, 0.1) is 5.56 Å². The highest BCUT2D eigenvalue weighted by molar-refractivity contribution is 5.96. The zero-order valence-corrected chi connectivity index (χ0v) is 20.1. The maximum atomic E-state index is 13.0. The average Bonchev–Trinajstić information content (AvgIpc) is 3.71. The molecular formula is C28H31FN4O3. The lowest BCUT2D eigenvalue weighted by Crippen LogP contribution is -2.38. The second-order valence-electron chi connectivity index (χ2n) is 9.62. The van der Waals surface area contributed by atoms with Gasteiger partial charge in [0, 0.05) is 37.4 Å². The van der Waals surface area contributed by atoms with Crippen LogP contribution in [0, 0.1) is 11.7 Å². The van der Waals surface area contributed by atoms with E-state index in [1.807, 2.05) is 12.1 Å². The number of nitrogens with zero attached hydrogens (tertiary/aromatic N) is 3. The molecule has 5 rings (SSSR count). The molecule has 2 fully saturated rings. The highest BCUT2D eigenvalue weighted by Gasteiger charge is 2.38. The summed E-state index contributed by atoms with van der Waals surface area (Å²) in [4.78, 5) is 22.3. The molecule has 188 valence electrons. The van der Waals surface area contributed by atoms with Gasteiger partial charge in [0.1, 0.15) is 24.8 Å². The van der Waals surface area contributed by atoms with Gasteiger partial charge in [-0.1, -0.05) is 24.3 Å². The largest absolute Gasteiger partial charge is 0.489 e. The molecule has 0 spiro atoms. The van der Waals surface area contributed by atoms with Crippen LogP contribution in [0.3, 0.4) is 0 Å². The summed E-state index contributed by atoms with van der Waals surface area (Å²) in [7, 11) is 0. The van der Waals surface area contributed by atoms with Gasteiger partial charge in [-0.2, -0.15) is 0 Å². The number of carbonyl (C=O) groups is 1. The van der Waals surface area contributed by atoms with E-state index in [0.29, 0.717) is 36.0 Å². The first kappa shape index (κ1) is 24.3. The lowest BCUT2D eigenvalue weighted by molar-refractivity contribution is 0.0903. The van der Waals surface area contributed by atoms with Gasteiger partial charge >= 0.3 is 0 Å². The van der Waals surface area contributed by atoms with E-state index >= 15 is 0 Å². The quantitative estimate of drug-likeness (QED) is 0.419. The number of nitrogens with one attached hydrogen (secondary N) is 1. The molecule has 2 aliphatic rings. The lowest BCUT2D eigenvalue weighted by Gasteiger charge is -2.32. The van der Waals surface area contributed by atoms with Crippen LogP contribution in [0.4, 0.5) is 10.3 Å². The first-order valence-corrected chi connectivity index (χ1v) is 12.5. The van der Waals surface area contributed by atoms with Gasteiger partial charge in [0.15, 0.2) is 5.78 Å². The van der Waals surface area contributed by atoms with Gasteiger partial charge in [0.25, 0.3) is 0 Å². The zero-order valence-electron chi connectivity index (χ0n) is 20.1. The molecule has 8 heteroatoms. The fraction of sp³-hybridized carbons (Fsp3) is 0.393. The Morgan fingerprint density at radius 1 is 1.06 bits per heavy atom. The van der Waals surface area contributed by atoms with Gasteiger partial charge in [-0.05, 0) is 67.1 Å². The Kier molecular flexibility index (Phi) is 7.53. The van der Waals surface area contributed by atoms with E-state index in [-0.39, 0.29) is 11.6 Å². The SMILES string of the molecule is O=C(CO)c1cnc(N2CCC(CNC3CC3c3ccc(OCc4ccc(F)cc4)cc3)CC2)nc1. The number of Topliss-reactive ketones (excluding diaryl/α,β-unsaturated/α-hetero) is 1. The number of aliphatic hydroxyl groups excluding tert-OH is 1. The van der Waals surface area contributed by atoms with Gasteiger partial charge in [0.2, 0.25) is 5.95 Å². The Balaban J connectivity index is 1.02. The maximum Gasteiger partial charge on any atom is 0.225 e. The lowest BCUT2D eigenvalue weighted by atomic mass is 9.97. The third-order valence-corrected chi connectivity index (χ3v) is 7.09. The molecule has 0 amide bonds. The molecule has 36 heavy (non-hydrogen) atoms. The highest BCUT2D eigenvalue weighted by Crippen LogP contribution is 2.41. The van der Waals surface area contributed by atoms with Crippen LogP contribution in [-0.4, -0.2) is 53.1 Å². The van der Waals surface area contributed by atoms with Crippen molar-refractivity contribution in [2.75, 3.05) is 31.1 Å². The highest BCUT2D eigenvalue weighted by atomic mass is 19.1. The Labute approximate surface area is 210 Å². The number of hydrogen-bond donors (Lipinski definition) is 2. The number of ketones is 1. The van der Waals surface area contributed by atoms with Crippen LogP contribution in [0.5, 0.6) is 5.75 Å². The van der Waals surface area contributed by atoms with Crippen molar-refractivity contribution in [1.82, 2.24) is 15.3 Å². The number of benzene rings is 2. The fourth-order valence-electron chi connectivity index (χ4n) is 4.72. The van der Waals surface area contributed by atoms with Crippen molar-refractivity contribution in [2.24, 2.45) is 5.92 Å². The number of aliphatic hydroxyl groups is 1. The van der Waals surface area contributed by atoms with E-state index in [1.54, 1.807) is 12.1 Å². The molecule has 7 nitrogen and oxygen atoms in total. The number of halogens is 1. The number of anilines is 1. The van der Waals surface area contributed by atoms with E-state index in [2.05, 4.69) is 32.3 Å². The Hall–Kier alpha value is -3.36. The molecule has 1 saturated heterocycles.